The van der Waals surface area contributed by atoms with Crippen LogP contribution < -0.4 is 10.1 Å². The third-order valence-corrected chi connectivity index (χ3v) is 6.32. The molecule has 0 bridgehead atoms. The topological polar surface area (TPSA) is 80.2 Å². The number of nitrogens with zero attached hydrogens (tertiary/aromatic N) is 2. The number of amidine groups is 1. The van der Waals surface area contributed by atoms with Gasteiger partial charge in [0.05, 0.1) is 29.8 Å². The Morgan fingerprint density at radius 1 is 1.11 bits per heavy atom. The van der Waals surface area contributed by atoms with Gasteiger partial charge < -0.3 is 19.7 Å². The van der Waals surface area contributed by atoms with Crippen LogP contribution in [0.5, 0.6) is 11.5 Å². The van der Waals surface area contributed by atoms with E-state index in [0.717, 1.165) is 22.2 Å². The van der Waals surface area contributed by atoms with E-state index in [9.17, 15) is 9.59 Å². The smallest absolute Gasteiger partial charge is 0.338 e. The number of nitrogens with one attached hydrogen (secondary N) is 1. The minimum Gasteiger partial charge on any atom is -0.459 e. The van der Waals surface area contributed by atoms with Crippen LogP contribution in [0.2, 0.25) is 0 Å². The lowest BCUT2D eigenvalue weighted by atomic mass is 9.93. The lowest BCUT2D eigenvalue weighted by Crippen LogP contribution is -2.38. The number of para-hydroxylation sites is 1. The number of hydrogen-bond donors (Lipinski definition) is 1. The Labute approximate surface area is 209 Å². The molecule has 1 N–H and O–H groups in total. The van der Waals surface area contributed by atoms with Crippen molar-refractivity contribution in [1.29, 1.82) is 0 Å². The van der Waals surface area contributed by atoms with E-state index in [1.165, 1.54) is 11.8 Å². The van der Waals surface area contributed by atoms with Crippen LogP contribution in [0.4, 0.5) is 0 Å². The zero-order valence-electron chi connectivity index (χ0n) is 20.3. The average Bonchev–Trinajstić information content (AvgIpc) is 3.20. The van der Waals surface area contributed by atoms with Gasteiger partial charge in [-0.15, -0.1) is 0 Å². The quantitative estimate of drug-likeness (QED) is 0.489. The van der Waals surface area contributed by atoms with E-state index in [1.807, 2.05) is 92.6 Å². The molecule has 0 saturated carbocycles. The Hall–Kier alpha value is -3.52. The molecule has 0 spiro atoms. The van der Waals surface area contributed by atoms with E-state index in [2.05, 4.69) is 5.32 Å². The number of benzene rings is 2. The van der Waals surface area contributed by atoms with Crippen molar-refractivity contribution in [3.8, 4) is 11.5 Å². The first kappa shape index (κ1) is 24.6. The molecule has 0 fully saturated rings. The maximum absolute atomic E-state index is 13.3. The van der Waals surface area contributed by atoms with Crippen molar-refractivity contribution in [2.45, 2.75) is 46.3 Å². The third kappa shape index (κ3) is 5.59. The highest BCUT2D eigenvalue weighted by molar-refractivity contribution is 8.16. The second-order valence-electron chi connectivity index (χ2n) is 8.46. The van der Waals surface area contributed by atoms with E-state index in [-0.39, 0.29) is 18.4 Å². The summed E-state index contributed by atoms with van der Waals surface area (Å²) in [6, 6.07) is 16.7. The van der Waals surface area contributed by atoms with Crippen LogP contribution in [0.25, 0.3) is 0 Å². The number of ether oxygens (including phenoxy) is 2. The molecule has 2 aliphatic heterocycles. The van der Waals surface area contributed by atoms with Gasteiger partial charge in [-0.3, -0.25) is 4.79 Å². The highest BCUT2D eigenvalue weighted by atomic mass is 32.2. The van der Waals surface area contributed by atoms with Crippen molar-refractivity contribution in [2.75, 3.05) is 6.54 Å². The van der Waals surface area contributed by atoms with E-state index < -0.39 is 12.0 Å². The van der Waals surface area contributed by atoms with Gasteiger partial charge in [0.1, 0.15) is 11.5 Å². The number of esters is 1. The normalized spacial score (nSPS) is 17.1. The molecule has 1 atom stereocenters. The predicted octanol–water partition coefficient (Wildman–Crippen LogP) is 5.53. The summed E-state index contributed by atoms with van der Waals surface area (Å²) in [7, 11) is 0. The van der Waals surface area contributed by atoms with E-state index >= 15 is 0 Å². The van der Waals surface area contributed by atoms with Crippen LogP contribution in [-0.4, -0.2) is 34.6 Å². The molecule has 2 aromatic carbocycles. The molecule has 1 unspecified atom stereocenters. The summed E-state index contributed by atoms with van der Waals surface area (Å²) in [5.41, 5.74) is 2.66. The highest BCUT2D eigenvalue weighted by Crippen LogP contribution is 2.45. The van der Waals surface area contributed by atoms with Crippen molar-refractivity contribution in [3.05, 3.63) is 82.5 Å². The number of rotatable bonds is 8. The molecular weight excluding hydrogens is 462 g/mol. The van der Waals surface area contributed by atoms with Crippen LogP contribution in [0.1, 0.15) is 45.7 Å². The van der Waals surface area contributed by atoms with E-state index in [1.54, 1.807) is 0 Å². The highest BCUT2D eigenvalue weighted by Gasteiger charge is 2.41. The minimum atomic E-state index is -0.510. The Balaban J connectivity index is 1.75. The van der Waals surface area contributed by atoms with Gasteiger partial charge in [-0.25, -0.2) is 9.79 Å². The Bertz CT molecular complexity index is 1200. The van der Waals surface area contributed by atoms with Crippen molar-refractivity contribution in [2.24, 2.45) is 4.99 Å². The maximum Gasteiger partial charge on any atom is 0.338 e. The molecule has 7 nitrogen and oxygen atoms in total. The van der Waals surface area contributed by atoms with Crippen LogP contribution in [0.15, 0.2) is 82.0 Å². The number of carbonyl (C=O) groups is 2. The molecule has 0 aromatic heterocycles. The standard InChI is InChI=1S/C27H29N3O4S/c1-5-28-23(31)15-20-16-35-27-29-18(4)24(26(32)33-17(2)3)25(30(20)27)19-10-9-13-22(14-19)34-21-11-7-6-8-12-21/h6-14,16-17,25H,5,15H2,1-4H3,(H,28,31). The second-order valence-corrected chi connectivity index (χ2v) is 9.30. The Kier molecular flexibility index (Phi) is 7.60. The Morgan fingerprint density at radius 3 is 2.57 bits per heavy atom. The second kappa shape index (κ2) is 10.8. The first-order valence-electron chi connectivity index (χ1n) is 11.6. The largest absolute Gasteiger partial charge is 0.459 e. The molecule has 0 saturated heterocycles. The molecule has 2 heterocycles. The van der Waals surface area contributed by atoms with Crippen LogP contribution in [0, 0.1) is 0 Å². The fraction of sp³-hybridized carbons (Fsp3) is 0.296. The fourth-order valence-corrected chi connectivity index (χ4v) is 4.98. The van der Waals surface area contributed by atoms with Gasteiger partial charge in [-0.1, -0.05) is 42.1 Å². The summed E-state index contributed by atoms with van der Waals surface area (Å²) in [6.07, 6.45) is -0.0952. The fourth-order valence-electron chi connectivity index (χ4n) is 4.02. The molecule has 182 valence electrons. The monoisotopic (exact) mass is 491 g/mol. The average molecular weight is 492 g/mol. The molecule has 0 aliphatic carbocycles. The van der Waals surface area contributed by atoms with Gasteiger partial charge in [-0.2, -0.15) is 0 Å². The lowest BCUT2D eigenvalue weighted by Gasteiger charge is -2.36. The van der Waals surface area contributed by atoms with Crippen LogP contribution in [0.3, 0.4) is 0 Å². The van der Waals surface area contributed by atoms with Crippen molar-refractivity contribution in [1.82, 2.24) is 10.2 Å². The molecule has 8 heteroatoms. The molecular formula is C27H29N3O4S. The predicted molar refractivity (Wildman–Crippen MR) is 138 cm³/mol. The number of fused-ring (bicyclic) bond motifs is 1. The molecule has 1 amide bonds. The maximum atomic E-state index is 13.3. The lowest BCUT2D eigenvalue weighted by molar-refractivity contribution is -0.143. The molecule has 2 aliphatic rings. The van der Waals surface area contributed by atoms with Gasteiger partial charge in [0.15, 0.2) is 5.17 Å². The summed E-state index contributed by atoms with van der Waals surface area (Å²) >= 11 is 1.45. The number of hydrogen-bond acceptors (Lipinski definition) is 7. The van der Waals surface area contributed by atoms with Crippen LogP contribution in [-0.2, 0) is 14.3 Å². The van der Waals surface area contributed by atoms with Crippen molar-refractivity contribution < 1.29 is 19.1 Å². The number of thioether (sulfide) groups is 1. The minimum absolute atomic E-state index is 0.0851. The molecule has 35 heavy (non-hydrogen) atoms. The molecule has 4 rings (SSSR count). The zero-order chi connectivity index (χ0) is 24.9. The summed E-state index contributed by atoms with van der Waals surface area (Å²) < 4.78 is 11.7. The van der Waals surface area contributed by atoms with Crippen LogP contribution >= 0.6 is 11.8 Å². The number of carbonyl (C=O) groups excluding carboxylic acids is 2. The summed E-state index contributed by atoms with van der Waals surface area (Å²) in [4.78, 5) is 32.4. The van der Waals surface area contributed by atoms with Crippen molar-refractivity contribution in [3.63, 3.8) is 0 Å². The third-order valence-electron chi connectivity index (χ3n) is 5.43. The molecule has 0 radical (unpaired) electrons. The SMILES string of the molecule is CCNC(=O)CC1=CSC2=NC(C)=C(C(=O)OC(C)C)C(c3cccc(Oc4ccccc4)c3)N12. The zero-order valence-corrected chi connectivity index (χ0v) is 21.1. The van der Waals surface area contributed by atoms with Crippen molar-refractivity contribution >= 4 is 28.8 Å². The van der Waals surface area contributed by atoms with Gasteiger partial charge in [0.2, 0.25) is 5.91 Å². The summed E-state index contributed by atoms with van der Waals surface area (Å²) in [5, 5.41) is 5.50. The van der Waals surface area contributed by atoms with Gasteiger partial charge in [0, 0.05) is 12.2 Å². The Morgan fingerprint density at radius 2 is 1.86 bits per heavy atom. The first-order valence-corrected chi connectivity index (χ1v) is 12.5. The number of allylic oxidation sites excluding steroid dienone is 1. The van der Waals surface area contributed by atoms with Gasteiger partial charge in [-0.05, 0) is 62.9 Å². The summed E-state index contributed by atoms with van der Waals surface area (Å²) in [6.45, 7) is 7.90. The summed E-state index contributed by atoms with van der Waals surface area (Å²) in [5.74, 6) is 0.857. The van der Waals surface area contributed by atoms with E-state index in [0.29, 0.717) is 23.6 Å². The van der Waals surface area contributed by atoms with Gasteiger partial charge in [0.25, 0.3) is 0 Å². The first-order chi connectivity index (χ1) is 16.9. The van der Waals surface area contributed by atoms with E-state index in [4.69, 9.17) is 14.5 Å². The number of amides is 1. The molecule has 2 aromatic rings. The number of aliphatic imine (C=N–C) groups is 1. The van der Waals surface area contributed by atoms with Gasteiger partial charge >= 0.3 is 5.97 Å².